The van der Waals surface area contributed by atoms with Crippen molar-refractivity contribution < 1.29 is 48.2 Å². The molecule has 2 heterocycles. The van der Waals surface area contributed by atoms with Crippen LogP contribution in [0.1, 0.15) is 82.1 Å². The lowest BCUT2D eigenvalue weighted by molar-refractivity contribution is -0.177. The average molecular weight is 798 g/mol. The number of hydrogen-bond acceptors (Lipinski definition) is 10. The van der Waals surface area contributed by atoms with Crippen LogP contribution in [0.25, 0.3) is 0 Å². The van der Waals surface area contributed by atoms with E-state index in [2.05, 4.69) is 45.2 Å². The minimum Gasteiger partial charge on any atom is -0.460 e. The molecule has 2 aliphatic rings. The van der Waals surface area contributed by atoms with Gasteiger partial charge in [0.05, 0.1) is 37.3 Å². The van der Waals surface area contributed by atoms with Crippen molar-refractivity contribution in [2.24, 2.45) is 11.8 Å². The maximum Gasteiger partial charge on any atom is 0.306 e. The van der Waals surface area contributed by atoms with Gasteiger partial charge in [-0.1, -0.05) is 45.2 Å². The number of carbonyl (C=O) groups is 2. The van der Waals surface area contributed by atoms with E-state index >= 15 is 0 Å². The zero-order valence-electron chi connectivity index (χ0n) is 25.4. The molecule has 0 aliphatic carbocycles. The Kier molecular flexibility index (Phi) is 12.6. The van der Waals surface area contributed by atoms with Gasteiger partial charge in [0.2, 0.25) is 0 Å². The van der Waals surface area contributed by atoms with E-state index in [4.69, 9.17) is 28.4 Å². The summed E-state index contributed by atoms with van der Waals surface area (Å²) >= 11 is 4.15. The Morgan fingerprint density at radius 1 is 0.675 bits per heavy atom. The highest BCUT2D eigenvalue weighted by Crippen LogP contribution is 2.45. The van der Waals surface area contributed by atoms with Crippen LogP contribution in [0, 0.1) is 11.8 Å². The number of rotatable bonds is 11. The standard InChI is InChI=1S/C28H48I2O10/c1-25(2,3)35-19(33)11-15(21-23(17(31)13-29)39-27(7,8)37-21)16(12-20(34)36-26(4,5)6)22-24(18(32)14-30)40-28(9,10)38-22/h15-18,21-24,31-32H,11-14H2,1-10H3/t15-,16-,17+,18+,21-,22-,23+,24+/m0/s1. The van der Waals surface area contributed by atoms with Gasteiger partial charge in [0, 0.05) is 20.7 Å². The van der Waals surface area contributed by atoms with Gasteiger partial charge in [-0.05, 0) is 69.2 Å². The van der Waals surface area contributed by atoms with Crippen molar-refractivity contribution in [2.45, 2.75) is 141 Å². The lowest BCUT2D eigenvalue weighted by Crippen LogP contribution is -2.50. The molecule has 40 heavy (non-hydrogen) atoms. The van der Waals surface area contributed by atoms with Crippen molar-refractivity contribution in [1.29, 1.82) is 0 Å². The summed E-state index contributed by atoms with van der Waals surface area (Å²) in [5, 5.41) is 21.9. The van der Waals surface area contributed by atoms with Crippen LogP contribution in [0.3, 0.4) is 0 Å². The molecule has 0 bridgehead atoms. The Morgan fingerprint density at radius 3 is 1.20 bits per heavy atom. The molecule has 0 saturated carbocycles. The van der Waals surface area contributed by atoms with Crippen molar-refractivity contribution in [1.82, 2.24) is 0 Å². The quantitative estimate of drug-likeness (QED) is 0.177. The Balaban J connectivity index is 2.67. The summed E-state index contributed by atoms with van der Waals surface area (Å²) in [6.45, 7) is 17.7. The molecule has 10 nitrogen and oxygen atoms in total. The van der Waals surface area contributed by atoms with Gasteiger partial charge in [0.1, 0.15) is 23.4 Å². The largest absolute Gasteiger partial charge is 0.460 e. The fraction of sp³-hybridized carbons (Fsp3) is 0.929. The first-order chi connectivity index (χ1) is 18.1. The molecule has 2 rings (SSSR count). The fourth-order valence-electron chi connectivity index (χ4n) is 5.24. The molecule has 0 radical (unpaired) electrons. The molecular formula is C28H48I2O10. The zero-order chi connectivity index (χ0) is 30.8. The second-order valence-electron chi connectivity index (χ2n) is 13.5. The molecular weight excluding hydrogens is 750 g/mol. The van der Waals surface area contributed by atoms with Gasteiger partial charge < -0.3 is 38.6 Å². The monoisotopic (exact) mass is 798 g/mol. The van der Waals surface area contributed by atoms with Gasteiger partial charge in [-0.15, -0.1) is 0 Å². The maximum atomic E-state index is 13.3. The molecule has 0 aromatic heterocycles. The van der Waals surface area contributed by atoms with E-state index in [9.17, 15) is 19.8 Å². The van der Waals surface area contributed by atoms with Crippen molar-refractivity contribution >= 4 is 57.1 Å². The van der Waals surface area contributed by atoms with E-state index in [0.717, 1.165) is 0 Å². The molecule has 2 aliphatic heterocycles. The highest BCUT2D eigenvalue weighted by atomic mass is 127. The van der Waals surface area contributed by atoms with Crippen LogP contribution in [-0.2, 0) is 38.0 Å². The van der Waals surface area contributed by atoms with E-state index in [0.29, 0.717) is 8.86 Å². The molecule has 234 valence electrons. The van der Waals surface area contributed by atoms with E-state index in [1.807, 2.05) is 0 Å². The minimum absolute atomic E-state index is 0.146. The molecule has 2 N–H and O–H groups in total. The molecule has 0 spiro atoms. The summed E-state index contributed by atoms with van der Waals surface area (Å²) in [5.74, 6) is -4.55. The van der Waals surface area contributed by atoms with Crippen molar-refractivity contribution in [2.75, 3.05) is 8.86 Å². The Bertz CT molecular complexity index is 796. The second kappa shape index (κ2) is 13.9. The predicted octanol–water partition coefficient (Wildman–Crippen LogP) is 4.31. The van der Waals surface area contributed by atoms with E-state index < -0.39 is 83.2 Å². The van der Waals surface area contributed by atoms with Gasteiger partial charge in [-0.3, -0.25) is 9.59 Å². The van der Waals surface area contributed by atoms with Crippen LogP contribution in [0.2, 0.25) is 0 Å². The molecule has 0 amide bonds. The van der Waals surface area contributed by atoms with Gasteiger partial charge in [0.25, 0.3) is 0 Å². The van der Waals surface area contributed by atoms with E-state index in [-0.39, 0.29) is 12.8 Å². The third-order valence-corrected chi connectivity index (χ3v) is 8.25. The zero-order valence-corrected chi connectivity index (χ0v) is 29.7. The molecule has 2 saturated heterocycles. The maximum absolute atomic E-state index is 13.3. The number of esters is 2. The first-order valence-corrected chi connectivity index (χ1v) is 16.8. The topological polar surface area (TPSA) is 130 Å². The molecule has 12 heteroatoms. The summed E-state index contributed by atoms with van der Waals surface area (Å²) in [6.07, 6.45) is -5.27. The van der Waals surface area contributed by atoms with Crippen molar-refractivity contribution in [3.8, 4) is 0 Å². The van der Waals surface area contributed by atoms with Gasteiger partial charge in [-0.2, -0.15) is 0 Å². The third kappa shape index (κ3) is 10.7. The lowest BCUT2D eigenvalue weighted by Gasteiger charge is -2.38. The van der Waals surface area contributed by atoms with Crippen LogP contribution < -0.4 is 0 Å². The van der Waals surface area contributed by atoms with Crippen LogP contribution in [0.4, 0.5) is 0 Å². The summed E-state index contributed by atoms with van der Waals surface area (Å²) < 4.78 is 37.1. The number of aliphatic hydroxyl groups is 2. The Morgan fingerprint density at radius 2 is 0.950 bits per heavy atom. The molecule has 8 atom stereocenters. The first-order valence-electron chi connectivity index (χ1n) is 13.7. The van der Waals surface area contributed by atoms with Crippen molar-refractivity contribution in [3.63, 3.8) is 0 Å². The number of aliphatic hydroxyl groups excluding tert-OH is 2. The van der Waals surface area contributed by atoms with E-state index in [1.54, 1.807) is 69.2 Å². The highest BCUT2D eigenvalue weighted by Gasteiger charge is 2.56. The van der Waals surface area contributed by atoms with Crippen molar-refractivity contribution in [3.05, 3.63) is 0 Å². The number of halogens is 2. The van der Waals surface area contributed by atoms with Crippen LogP contribution in [0.5, 0.6) is 0 Å². The fourth-order valence-corrected chi connectivity index (χ4v) is 6.24. The molecule has 0 unspecified atom stereocenters. The SMILES string of the molecule is CC(C)(C)OC(=O)C[C@@H]([C@H](CC(=O)OC(C)(C)C)[C@@H]1OC(C)(C)O[C@@H]1[C@H](O)CI)[C@@H]1OC(C)(C)O[C@@H]1[C@H](O)CI. The summed E-state index contributed by atoms with van der Waals surface area (Å²) in [6, 6.07) is 0. The number of hydrogen-bond donors (Lipinski definition) is 2. The van der Waals surface area contributed by atoms with Crippen LogP contribution >= 0.6 is 45.2 Å². The summed E-state index contributed by atoms with van der Waals surface area (Å²) in [5.41, 5.74) is -1.49. The summed E-state index contributed by atoms with van der Waals surface area (Å²) in [7, 11) is 0. The first kappa shape index (κ1) is 36.4. The highest BCUT2D eigenvalue weighted by molar-refractivity contribution is 14.1. The van der Waals surface area contributed by atoms with Crippen LogP contribution in [-0.4, -0.2) is 90.4 Å². The Labute approximate surface area is 266 Å². The van der Waals surface area contributed by atoms with Gasteiger partial charge >= 0.3 is 11.9 Å². The average Bonchev–Trinajstić information content (AvgIpc) is 3.27. The van der Waals surface area contributed by atoms with Gasteiger partial charge in [-0.25, -0.2) is 0 Å². The predicted molar refractivity (Wildman–Crippen MR) is 165 cm³/mol. The van der Waals surface area contributed by atoms with E-state index in [1.165, 1.54) is 0 Å². The number of carbonyl (C=O) groups excluding carboxylic acids is 2. The Hall–Kier alpha value is 0.160. The number of ether oxygens (including phenoxy) is 6. The third-order valence-electron chi connectivity index (χ3n) is 6.44. The minimum atomic E-state index is -1.06. The second-order valence-corrected chi connectivity index (χ2v) is 15.2. The lowest BCUT2D eigenvalue weighted by atomic mass is 9.75. The smallest absolute Gasteiger partial charge is 0.306 e. The molecule has 0 aromatic carbocycles. The molecule has 2 fully saturated rings. The molecule has 0 aromatic rings. The van der Waals surface area contributed by atoms with Crippen LogP contribution in [0.15, 0.2) is 0 Å². The summed E-state index contributed by atoms with van der Waals surface area (Å²) in [4.78, 5) is 26.7. The van der Waals surface area contributed by atoms with Gasteiger partial charge in [0.15, 0.2) is 11.6 Å². The number of alkyl halides is 2. The normalized spacial score (nSPS) is 29.4.